The second kappa shape index (κ2) is 8.00. The lowest BCUT2D eigenvalue weighted by atomic mass is 10.0. The molecule has 1 fully saturated rings. The number of halogens is 1. The van der Waals surface area contributed by atoms with E-state index in [0.29, 0.717) is 23.7 Å². The zero-order valence-corrected chi connectivity index (χ0v) is 14.9. The first kappa shape index (κ1) is 17.9. The van der Waals surface area contributed by atoms with E-state index in [-0.39, 0.29) is 5.91 Å². The Kier molecular flexibility index (Phi) is 5.74. The van der Waals surface area contributed by atoms with Crippen LogP contribution in [0.1, 0.15) is 41.6 Å². The number of rotatable bonds is 6. The van der Waals surface area contributed by atoms with Gasteiger partial charge in [0.2, 0.25) is 0 Å². The SMILES string of the molecule is O=C(Nc1cccc(CNCC2(O)CCCC2)c1)c1ccc(Cl)cc1. The maximum absolute atomic E-state index is 12.3. The van der Waals surface area contributed by atoms with Crippen molar-refractivity contribution in [3.8, 4) is 0 Å². The van der Waals surface area contributed by atoms with Crippen LogP contribution in [0.3, 0.4) is 0 Å². The number of hydrogen-bond acceptors (Lipinski definition) is 3. The minimum Gasteiger partial charge on any atom is -0.389 e. The van der Waals surface area contributed by atoms with Crippen LogP contribution in [-0.2, 0) is 6.54 Å². The van der Waals surface area contributed by atoms with E-state index in [1.54, 1.807) is 24.3 Å². The zero-order chi connectivity index (χ0) is 17.7. The molecule has 0 spiro atoms. The normalized spacial score (nSPS) is 15.9. The third-order valence-electron chi connectivity index (χ3n) is 4.61. The van der Waals surface area contributed by atoms with E-state index in [0.717, 1.165) is 36.9 Å². The molecule has 1 saturated carbocycles. The van der Waals surface area contributed by atoms with Crippen LogP contribution in [0.2, 0.25) is 5.02 Å². The Morgan fingerprint density at radius 3 is 2.56 bits per heavy atom. The predicted octanol–water partition coefficient (Wildman–Crippen LogP) is 3.99. The molecule has 1 amide bonds. The highest BCUT2D eigenvalue weighted by atomic mass is 35.5. The van der Waals surface area contributed by atoms with Crippen molar-refractivity contribution in [1.82, 2.24) is 5.32 Å². The van der Waals surface area contributed by atoms with Crippen LogP contribution in [0, 0.1) is 0 Å². The molecular formula is C20H23ClN2O2. The summed E-state index contributed by atoms with van der Waals surface area (Å²) in [6.07, 6.45) is 3.95. The summed E-state index contributed by atoms with van der Waals surface area (Å²) in [4.78, 5) is 12.3. The average Bonchev–Trinajstić information content (AvgIpc) is 3.02. The molecule has 0 saturated heterocycles. The van der Waals surface area contributed by atoms with Crippen LogP contribution in [-0.4, -0.2) is 23.2 Å². The number of carbonyl (C=O) groups excluding carboxylic acids is 1. The summed E-state index contributed by atoms with van der Waals surface area (Å²) in [5.41, 5.74) is 1.83. The Bertz CT molecular complexity index is 725. The van der Waals surface area contributed by atoms with E-state index in [1.807, 2.05) is 24.3 Å². The molecule has 3 N–H and O–H groups in total. The van der Waals surface area contributed by atoms with E-state index in [2.05, 4.69) is 10.6 Å². The third kappa shape index (κ3) is 5.05. The average molecular weight is 359 g/mol. The van der Waals surface area contributed by atoms with E-state index in [4.69, 9.17) is 11.6 Å². The summed E-state index contributed by atoms with van der Waals surface area (Å²) in [5.74, 6) is -0.165. The fourth-order valence-electron chi connectivity index (χ4n) is 3.21. The highest BCUT2D eigenvalue weighted by Crippen LogP contribution is 2.28. The van der Waals surface area contributed by atoms with Crippen molar-refractivity contribution in [2.75, 3.05) is 11.9 Å². The topological polar surface area (TPSA) is 61.4 Å². The summed E-state index contributed by atoms with van der Waals surface area (Å²) >= 11 is 5.85. The van der Waals surface area contributed by atoms with Gasteiger partial charge in [0.25, 0.3) is 5.91 Å². The van der Waals surface area contributed by atoms with Crippen LogP contribution >= 0.6 is 11.6 Å². The number of amides is 1. The van der Waals surface area contributed by atoms with Crippen molar-refractivity contribution >= 4 is 23.2 Å². The Labute approximate surface area is 153 Å². The van der Waals surface area contributed by atoms with Gasteiger partial charge in [0, 0.05) is 29.4 Å². The van der Waals surface area contributed by atoms with Crippen molar-refractivity contribution in [3.63, 3.8) is 0 Å². The number of carbonyl (C=O) groups is 1. The van der Waals surface area contributed by atoms with Gasteiger partial charge in [-0.2, -0.15) is 0 Å². The third-order valence-corrected chi connectivity index (χ3v) is 4.86. The largest absolute Gasteiger partial charge is 0.389 e. The van der Waals surface area contributed by atoms with Gasteiger partial charge in [0.1, 0.15) is 0 Å². The van der Waals surface area contributed by atoms with Crippen LogP contribution in [0.4, 0.5) is 5.69 Å². The molecule has 2 aromatic carbocycles. The van der Waals surface area contributed by atoms with Gasteiger partial charge in [0.15, 0.2) is 0 Å². The number of aliphatic hydroxyl groups is 1. The molecule has 0 unspecified atom stereocenters. The van der Waals surface area contributed by atoms with Crippen LogP contribution < -0.4 is 10.6 Å². The maximum atomic E-state index is 12.3. The minimum atomic E-state index is -0.555. The maximum Gasteiger partial charge on any atom is 0.255 e. The highest BCUT2D eigenvalue weighted by molar-refractivity contribution is 6.30. The molecule has 5 heteroatoms. The van der Waals surface area contributed by atoms with Crippen molar-refractivity contribution in [1.29, 1.82) is 0 Å². The second-order valence-electron chi connectivity index (χ2n) is 6.70. The Hall–Kier alpha value is -1.88. The van der Waals surface area contributed by atoms with E-state index in [9.17, 15) is 9.90 Å². The molecule has 0 radical (unpaired) electrons. The molecule has 0 aromatic heterocycles. The lowest BCUT2D eigenvalue weighted by Gasteiger charge is -2.22. The van der Waals surface area contributed by atoms with Gasteiger partial charge in [-0.3, -0.25) is 4.79 Å². The van der Waals surface area contributed by atoms with Crippen LogP contribution in [0.5, 0.6) is 0 Å². The van der Waals surface area contributed by atoms with Crippen LogP contribution in [0.25, 0.3) is 0 Å². The number of nitrogens with one attached hydrogen (secondary N) is 2. The predicted molar refractivity (Wildman–Crippen MR) is 101 cm³/mol. The monoisotopic (exact) mass is 358 g/mol. The minimum absolute atomic E-state index is 0.165. The summed E-state index contributed by atoms with van der Waals surface area (Å²) in [6, 6.07) is 14.5. The molecule has 0 heterocycles. The fraction of sp³-hybridized carbons (Fsp3) is 0.350. The van der Waals surface area contributed by atoms with Gasteiger partial charge >= 0.3 is 0 Å². The molecular weight excluding hydrogens is 336 g/mol. The summed E-state index contributed by atoms with van der Waals surface area (Å²) < 4.78 is 0. The first-order valence-corrected chi connectivity index (χ1v) is 9.01. The smallest absolute Gasteiger partial charge is 0.255 e. The molecule has 2 aromatic rings. The van der Waals surface area contributed by atoms with Crippen molar-refractivity contribution < 1.29 is 9.90 Å². The number of anilines is 1. The number of benzene rings is 2. The Balaban J connectivity index is 1.55. The first-order chi connectivity index (χ1) is 12.0. The Morgan fingerprint density at radius 2 is 1.84 bits per heavy atom. The number of hydrogen-bond donors (Lipinski definition) is 3. The molecule has 1 aliphatic carbocycles. The molecule has 1 aliphatic rings. The zero-order valence-electron chi connectivity index (χ0n) is 14.1. The van der Waals surface area contributed by atoms with E-state index < -0.39 is 5.60 Å². The van der Waals surface area contributed by atoms with Crippen molar-refractivity contribution in [3.05, 3.63) is 64.7 Å². The first-order valence-electron chi connectivity index (χ1n) is 8.63. The molecule has 0 atom stereocenters. The molecule has 0 bridgehead atoms. The van der Waals surface area contributed by atoms with Gasteiger partial charge in [0.05, 0.1) is 5.60 Å². The van der Waals surface area contributed by atoms with Crippen molar-refractivity contribution in [2.24, 2.45) is 0 Å². The molecule has 4 nitrogen and oxygen atoms in total. The van der Waals surface area contributed by atoms with E-state index >= 15 is 0 Å². The molecule has 3 rings (SSSR count). The lowest BCUT2D eigenvalue weighted by Crippen LogP contribution is -2.37. The molecule has 132 valence electrons. The van der Waals surface area contributed by atoms with E-state index in [1.165, 1.54) is 0 Å². The van der Waals surface area contributed by atoms with Gasteiger partial charge in [-0.15, -0.1) is 0 Å². The quantitative estimate of drug-likeness (QED) is 0.731. The van der Waals surface area contributed by atoms with Gasteiger partial charge < -0.3 is 15.7 Å². The second-order valence-corrected chi connectivity index (χ2v) is 7.13. The summed E-state index contributed by atoms with van der Waals surface area (Å²) in [5, 5.41) is 17.2. The van der Waals surface area contributed by atoms with Gasteiger partial charge in [-0.25, -0.2) is 0 Å². The summed E-state index contributed by atoms with van der Waals surface area (Å²) in [7, 11) is 0. The highest BCUT2D eigenvalue weighted by Gasteiger charge is 2.30. The molecule has 25 heavy (non-hydrogen) atoms. The lowest BCUT2D eigenvalue weighted by molar-refractivity contribution is 0.0475. The van der Waals surface area contributed by atoms with Crippen molar-refractivity contribution in [2.45, 2.75) is 37.8 Å². The fourth-order valence-corrected chi connectivity index (χ4v) is 3.34. The Morgan fingerprint density at radius 1 is 1.12 bits per heavy atom. The van der Waals surface area contributed by atoms with Gasteiger partial charge in [-0.1, -0.05) is 36.6 Å². The van der Waals surface area contributed by atoms with Gasteiger partial charge in [-0.05, 0) is 54.8 Å². The standard InChI is InChI=1S/C20H23ClN2O2/c21-17-8-6-16(7-9-17)19(24)23-18-5-3-4-15(12-18)13-22-14-20(25)10-1-2-11-20/h3-9,12,22,25H,1-2,10-11,13-14H2,(H,23,24). The molecule has 0 aliphatic heterocycles. The van der Waals surface area contributed by atoms with Crippen LogP contribution in [0.15, 0.2) is 48.5 Å². The summed E-state index contributed by atoms with van der Waals surface area (Å²) in [6.45, 7) is 1.27.